The second-order valence-corrected chi connectivity index (χ2v) is 6.50. The van der Waals surface area contributed by atoms with Crippen LogP contribution in [0.3, 0.4) is 0 Å². The monoisotopic (exact) mass is 378 g/mol. The lowest BCUT2D eigenvalue weighted by Crippen LogP contribution is -2.11. The Morgan fingerprint density at radius 3 is 2.50 bits per heavy atom. The van der Waals surface area contributed by atoms with Crippen LogP contribution in [0.2, 0.25) is 10.2 Å². The van der Waals surface area contributed by atoms with Crippen LogP contribution in [0.1, 0.15) is 38.1 Å². The van der Waals surface area contributed by atoms with Crippen molar-refractivity contribution in [2.24, 2.45) is 0 Å². The second-order valence-electron chi connectivity index (χ2n) is 5.73. The third-order valence-electron chi connectivity index (χ3n) is 4.10. The van der Waals surface area contributed by atoms with Crippen LogP contribution in [0.4, 0.5) is 13.2 Å². The minimum absolute atomic E-state index is 0.00221. The van der Waals surface area contributed by atoms with E-state index in [0.29, 0.717) is 10.3 Å². The second kappa shape index (κ2) is 6.84. The van der Waals surface area contributed by atoms with Gasteiger partial charge in [0.2, 0.25) is 0 Å². The van der Waals surface area contributed by atoms with Gasteiger partial charge in [0.05, 0.1) is 11.1 Å². The van der Waals surface area contributed by atoms with Crippen molar-refractivity contribution >= 4 is 23.2 Å². The van der Waals surface area contributed by atoms with Crippen LogP contribution in [0, 0.1) is 12.7 Å². The van der Waals surface area contributed by atoms with Crippen molar-refractivity contribution < 1.29 is 17.9 Å². The average Bonchev–Trinajstić information content (AvgIpc) is 3.10. The first-order valence-electron chi connectivity index (χ1n) is 7.57. The molecule has 8 heteroatoms. The fourth-order valence-electron chi connectivity index (χ4n) is 2.90. The minimum Gasteiger partial charge on any atom is -0.489 e. The zero-order valence-electron chi connectivity index (χ0n) is 12.8. The number of halogens is 5. The molecule has 1 aliphatic carbocycles. The third-order valence-corrected chi connectivity index (χ3v) is 4.75. The number of aromatic nitrogens is 2. The molecule has 0 N–H and O–H groups in total. The molecular weight excluding hydrogens is 364 g/mol. The highest BCUT2D eigenvalue weighted by molar-refractivity contribution is 6.33. The molecule has 0 radical (unpaired) electrons. The van der Waals surface area contributed by atoms with E-state index in [1.807, 2.05) is 0 Å². The third kappa shape index (κ3) is 3.22. The molecule has 1 saturated carbocycles. The van der Waals surface area contributed by atoms with Gasteiger partial charge in [0.25, 0.3) is 0 Å². The van der Waals surface area contributed by atoms with Crippen LogP contribution < -0.4 is 4.74 Å². The van der Waals surface area contributed by atoms with Crippen molar-refractivity contribution in [2.75, 3.05) is 0 Å². The van der Waals surface area contributed by atoms with Crippen molar-refractivity contribution in [2.45, 2.75) is 45.3 Å². The largest absolute Gasteiger partial charge is 0.489 e. The highest BCUT2D eigenvalue weighted by Gasteiger charge is 2.24. The predicted octanol–water partition coefficient (Wildman–Crippen LogP) is 6.02. The fourth-order valence-corrected chi connectivity index (χ4v) is 3.44. The van der Waals surface area contributed by atoms with Crippen molar-refractivity contribution in [1.29, 1.82) is 0 Å². The molecule has 1 aromatic heterocycles. The molecule has 1 aromatic carbocycles. The van der Waals surface area contributed by atoms with E-state index in [4.69, 9.17) is 27.9 Å². The summed E-state index contributed by atoms with van der Waals surface area (Å²) in [6.07, 6.45) is 3.98. The first-order valence-corrected chi connectivity index (χ1v) is 8.32. The SMILES string of the molecule is Cc1nc(-c2cc(OC3CCCC3)c(Cl)cc2F)c(Cl)n1C(F)F. The zero-order chi connectivity index (χ0) is 17.4. The molecule has 0 bridgehead atoms. The zero-order valence-corrected chi connectivity index (χ0v) is 14.3. The molecule has 0 aliphatic heterocycles. The van der Waals surface area contributed by atoms with Gasteiger partial charge in [0.1, 0.15) is 28.2 Å². The summed E-state index contributed by atoms with van der Waals surface area (Å²) in [6, 6.07) is 2.47. The Morgan fingerprint density at radius 1 is 1.25 bits per heavy atom. The van der Waals surface area contributed by atoms with Gasteiger partial charge in [-0.25, -0.2) is 9.37 Å². The molecule has 130 valence electrons. The highest BCUT2D eigenvalue weighted by atomic mass is 35.5. The fraction of sp³-hybridized carbons (Fsp3) is 0.438. The minimum atomic E-state index is -2.86. The van der Waals surface area contributed by atoms with Crippen LogP contribution >= 0.6 is 23.2 Å². The van der Waals surface area contributed by atoms with Gasteiger partial charge in [0.15, 0.2) is 0 Å². The number of imidazole rings is 1. The maximum absolute atomic E-state index is 14.3. The summed E-state index contributed by atoms with van der Waals surface area (Å²) >= 11 is 12.0. The number of hydrogen-bond acceptors (Lipinski definition) is 2. The van der Waals surface area contributed by atoms with Crippen molar-refractivity contribution in [3.8, 4) is 17.0 Å². The molecule has 24 heavy (non-hydrogen) atoms. The Kier molecular flexibility index (Phi) is 4.97. The van der Waals surface area contributed by atoms with E-state index in [0.717, 1.165) is 31.7 Å². The van der Waals surface area contributed by atoms with Gasteiger partial charge in [-0.2, -0.15) is 8.78 Å². The van der Waals surface area contributed by atoms with Crippen LogP contribution in [0.25, 0.3) is 11.3 Å². The van der Waals surface area contributed by atoms with E-state index in [1.54, 1.807) is 0 Å². The van der Waals surface area contributed by atoms with Gasteiger partial charge in [-0.05, 0) is 44.7 Å². The molecule has 1 aliphatic rings. The average molecular weight is 379 g/mol. The quantitative estimate of drug-likeness (QED) is 0.650. The summed E-state index contributed by atoms with van der Waals surface area (Å²) in [5, 5.41) is -0.195. The smallest absolute Gasteiger partial charge is 0.321 e. The number of aryl methyl sites for hydroxylation is 1. The Balaban J connectivity index is 2.03. The number of nitrogens with zero attached hydrogens (tertiary/aromatic N) is 2. The molecule has 0 saturated heterocycles. The Morgan fingerprint density at radius 2 is 1.92 bits per heavy atom. The number of alkyl halides is 2. The molecule has 0 atom stereocenters. The van der Waals surface area contributed by atoms with Crippen LogP contribution in [0.15, 0.2) is 12.1 Å². The maximum atomic E-state index is 14.3. The molecule has 0 amide bonds. The van der Waals surface area contributed by atoms with Gasteiger partial charge in [0, 0.05) is 5.56 Å². The number of ether oxygens (including phenoxy) is 1. The summed E-state index contributed by atoms with van der Waals surface area (Å²) < 4.78 is 46.7. The van der Waals surface area contributed by atoms with Crippen molar-refractivity contribution in [3.63, 3.8) is 0 Å². The van der Waals surface area contributed by atoms with E-state index < -0.39 is 12.4 Å². The van der Waals surface area contributed by atoms with Gasteiger partial charge in [-0.15, -0.1) is 0 Å². The standard InChI is InChI=1S/C16H15Cl2F3N2O/c1-8-22-14(15(18)23(8)16(20)21)10-6-13(11(17)7-12(10)19)24-9-4-2-3-5-9/h6-7,9,16H,2-5H2,1H3. The number of benzene rings is 1. The lowest BCUT2D eigenvalue weighted by atomic mass is 10.1. The van der Waals surface area contributed by atoms with E-state index >= 15 is 0 Å². The van der Waals surface area contributed by atoms with Crippen LogP contribution in [-0.4, -0.2) is 15.7 Å². The Bertz CT molecular complexity index is 758. The summed E-state index contributed by atoms with van der Waals surface area (Å²) in [5.41, 5.74) is -0.0696. The molecule has 3 rings (SSSR count). The lowest BCUT2D eigenvalue weighted by Gasteiger charge is -2.15. The Labute approximate surface area is 147 Å². The van der Waals surface area contributed by atoms with Crippen molar-refractivity contribution in [3.05, 3.63) is 34.0 Å². The summed E-state index contributed by atoms with van der Waals surface area (Å²) in [4.78, 5) is 3.98. The van der Waals surface area contributed by atoms with Crippen LogP contribution in [-0.2, 0) is 0 Å². The molecule has 3 nitrogen and oxygen atoms in total. The normalized spacial score (nSPS) is 15.5. The molecular formula is C16H15Cl2F3N2O. The molecule has 0 spiro atoms. The van der Waals surface area contributed by atoms with Crippen molar-refractivity contribution in [1.82, 2.24) is 9.55 Å². The van der Waals surface area contributed by atoms with E-state index in [1.165, 1.54) is 13.0 Å². The number of rotatable bonds is 4. The van der Waals surface area contributed by atoms with Crippen LogP contribution in [0.5, 0.6) is 5.75 Å². The molecule has 1 heterocycles. The number of hydrogen-bond donors (Lipinski definition) is 0. The summed E-state index contributed by atoms with van der Waals surface area (Å²) in [6.45, 7) is -1.48. The lowest BCUT2D eigenvalue weighted by molar-refractivity contribution is 0.0683. The Hall–Kier alpha value is -1.40. The molecule has 1 fully saturated rings. The van der Waals surface area contributed by atoms with E-state index in [9.17, 15) is 13.2 Å². The first-order chi connectivity index (χ1) is 11.4. The van der Waals surface area contributed by atoms with E-state index in [2.05, 4.69) is 4.98 Å². The van der Waals surface area contributed by atoms with Gasteiger partial charge < -0.3 is 4.74 Å². The maximum Gasteiger partial charge on any atom is 0.321 e. The van der Waals surface area contributed by atoms with Gasteiger partial charge in [-0.3, -0.25) is 4.57 Å². The summed E-state index contributed by atoms with van der Waals surface area (Å²) in [7, 11) is 0. The molecule has 0 unspecified atom stereocenters. The van der Waals surface area contributed by atoms with Gasteiger partial charge in [-0.1, -0.05) is 23.2 Å². The molecule has 2 aromatic rings. The topological polar surface area (TPSA) is 27.1 Å². The predicted molar refractivity (Wildman–Crippen MR) is 86.5 cm³/mol. The highest BCUT2D eigenvalue weighted by Crippen LogP contribution is 2.38. The van der Waals surface area contributed by atoms with E-state index in [-0.39, 0.29) is 33.4 Å². The summed E-state index contributed by atoms with van der Waals surface area (Å²) in [5.74, 6) is -0.391. The first kappa shape index (κ1) is 17.4. The van der Waals surface area contributed by atoms with Gasteiger partial charge >= 0.3 is 6.55 Å².